The van der Waals surface area contributed by atoms with E-state index in [1.165, 1.54) is 25.7 Å². The van der Waals surface area contributed by atoms with E-state index in [0.29, 0.717) is 11.6 Å². The van der Waals surface area contributed by atoms with E-state index in [1.54, 1.807) is 6.92 Å². The molecule has 0 spiro atoms. The summed E-state index contributed by atoms with van der Waals surface area (Å²) in [5.41, 5.74) is 2.93. The van der Waals surface area contributed by atoms with Crippen molar-refractivity contribution in [2.45, 2.75) is 52.5 Å². The van der Waals surface area contributed by atoms with Crippen LogP contribution in [0.3, 0.4) is 0 Å². The monoisotopic (exact) mass is 286 g/mol. The molecule has 0 unspecified atom stereocenters. The molecule has 0 N–H and O–H groups in total. The summed E-state index contributed by atoms with van der Waals surface area (Å²) >= 11 is 0. The summed E-state index contributed by atoms with van der Waals surface area (Å²) in [5, 5.41) is 0. The van der Waals surface area contributed by atoms with Gasteiger partial charge in [-0.25, -0.2) is 4.85 Å². The Kier molecular flexibility index (Phi) is 4.85. The number of hydrogen-bond acceptors (Lipinski definition) is 3. The third kappa shape index (κ3) is 3.18. The normalized spacial score (nSPS) is 19.0. The van der Waals surface area contributed by atoms with E-state index in [-0.39, 0.29) is 12.3 Å². The van der Waals surface area contributed by atoms with Gasteiger partial charge in [0.05, 0.1) is 13.2 Å². The Hall–Kier alpha value is -2.02. The van der Waals surface area contributed by atoms with Gasteiger partial charge >= 0.3 is 5.97 Å². The Morgan fingerprint density at radius 2 is 1.90 bits per heavy atom. The van der Waals surface area contributed by atoms with Crippen LogP contribution in [0.1, 0.15) is 46.5 Å². The lowest BCUT2D eigenvalue weighted by molar-refractivity contribution is -0.138. The topological polar surface area (TPSA) is 33.9 Å². The Morgan fingerprint density at radius 1 is 1.33 bits per heavy atom. The maximum absolute atomic E-state index is 11.9. The summed E-state index contributed by atoms with van der Waals surface area (Å²) < 4.78 is 4.96. The van der Waals surface area contributed by atoms with Crippen LogP contribution in [0.2, 0.25) is 0 Å². The molecule has 0 atom stereocenters. The number of rotatable bonds is 3. The highest BCUT2D eigenvalue weighted by atomic mass is 16.5. The van der Waals surface area contributed by atoms with Crippen LogP contribution in [-0.4, -0.2) is 23.5 Å². The highest BCUT2D eigenvalue weighted by molar-refractivity contribution is 5.92. The molecule has 1 saturated carbocycles. The van der Waals surface area contributed by atoms with Gasteiger partial charge in [-0.2, -0.15) is 0 Å². The second kappa shape index (κ2) is 6.62. The van der Waals surface area contributed by atoms with E-state index in [2.05, 4.69) is 9.74 Å². The molecular weight excluding hydrogens is 264 g/mol. The van der Waals surface area contributed by atoms with Crippen molar-refractivity contribution in [3.63, 3.8) is 0 Å². The number of ether oxygens (including phenoxy) is 1. The molecule has 1 fully saturated rings. The lowest BCUT2D eigenvalue weighted by atomic mass is 10.0. The zero-order chi connectivity index (χ0) is 15.4. The van der Waals surface area contributed by atoms with E-state index in [0.717, 1.165) is 11.4 Å². The highest BCUT2D eigenvalue weighted by Gasteiger charge is 2.27. The third-order valence-electron chi connectivity index (χ3n) is 4.03. The average molecular weight is 286 g/mol. The maximum atomic E-state index is 11.9. The number of carbonyl (C=O) groups excluding carboxylic acids is 1. The van der Waals surface area contributed by atoms with Crippen molar-refractivity contribution < 1.29 is 9.53 Å². The summed E-state index contributed by atoms with van der Waals surface area (Å²) in [7, 11) is 0. The Morgan fingerprint density at radius 3 is 2.38 bits per heavy atom. The molecule has 1 heterocycles. The van der Waals surface area contributed by atoms with Crippen LogP contribution < -0.4 is 0 Å². The molecule has 0 aromatic rings. The molecule has 0 radical (unpaired) electrons. The van der Waals surface area contributed by atoms with Gasteiger partial charge in [-0.1, -0.05) is 12.8 Å². The van der Waals surface area contributed by atoms with Crippen LogP contribution in [-0.2, 0) is 9.53 Å². The molecular formula is C17H22N2O2. The van der Waals surface area contributed by atoms with Gasteiger partial charge in [0.25, 0.3) is 5.70 Å². The van der Waals surface area contributed by atoms with E-state index >= 15 is 0 Å². The first-order valence-electron chi connectivity index (χ1n) is 7.53. The first-order valence-corrected chi connectivity index (χ1v) is 7.53. The number of esters is 1. The van der Waals surface area contributed by atoms with Crippen LogP contribution in [0.4, 0.5) is 0 Å². The minimum atomic E-state index is -0.537. The number of allylic oxidation sites excluding steroid dienone is 5. The molecule has 21 heavy (non-hydrogen) atoms. The smallest absolute Gasteiger partial charge is 0.336 e. The van der Waals surface area contributed by atoms with E-state index < -0.39 is 5.97 Å². The average Bonchev–Trinajstić information content (AvgIpc) is 2.93. The van der Waals surface area contributed by atoms with Gasteiger partial charge in [0.15, 0.2) is 0 Å². The summed E-state index contributed by atoms with van der Waals surface area (Å²) in [6.07, 6.45) is 8.83. The SMILES string of the molecule is [C-]#[N+]C(C(=O)OCC)=C1C=C(C)N(C2CCCC2)C(C)=C1. The van der Waals surface area contributed by atoms with Crippen molar-refractivity contribution >= 4 is 5.97 Å². The van der Waals surface area contributed by atoms with Gasteiger partial charge in [-0.3, -0.25) is 4.79 Å². The summed E-state index contributed by atoms with van der Waals surface area (Å²) in [5.74, 6) is -0.537. The standard InChI is InChI=1S/C17H22N2O2/c1-5-21-17(20)16(18-4)14-10-12(2)19(13(3)11-14)15-8-6-7-9-15/h10-11,15H,5-9H2,1-3H3. The zero-order valence-electron chi connectivity index (χ0n) is 13.0. The Balaban J connectivity index is 2.33. The van der Waals surface area contributed by atoms with E-state index in [1.807, 2.05) is 26.0 Å². The van der Waals surface area contributed by atoms with Gasteiger partial charge in [0, 0.05) is 17.4 Å². The van der Waals surface area contributed by atoms with Gasteiger partial charge in [0.1, 0.15) is 0 Å². The van der Waals surface area contributed by atoms with E-state index in [9.17, 15) is 4.79 Å². The number of nitrogens with zero attached hydrogens (tertiary/aromatic N) is 2. The molecule has 0 amide bonds. The minimum Gasteiger partial charge on any atom is -0.471 e. The van der Waals surface area contributed by atoms with Crippen LogP contribution in [0.25, 0.3) is 4.85 Å². The summed E-state index contributed by atoms with van der Waals surface area (Å²) in [4.78, 5) is 17.6. The van der Waals surface area contributed by atoms with Gasteiger partial charge in [0.2, 0.25) is 0 Å². The molecule has 4 heteroatoms. The van der Waals surface area contributed by atoms with Gasteiger partial charge in [-0.15, -0.1) is 0 Å². The number of hydrogen-bond donors (Lipinski definition) is 0. The lowest BCUT2D eigenvalue weighted by Crippen LogP contribution is -2.31. The molecule has 1 aliphatic carbocycles. The fraction of sp³-hybridized carbons (Fsp3) is 0.529. The van der Waals surface area contributed by atoms with Crippen molar-refractivity contribution in [3.8, 4) is 0 Å². The third-order valence-corrected chi connectivity index (χ3v) is 4.03. The Labute approximate surface area is 126 Å². The molecule has 1 aliphatic heterocycles. The van der Waals surface area contributed by atoms with Crippen molar-refractivity contribution in [2.24, 2.45) is 0 Å². The molecule has 0 aromatic carbocycles. The maximum Gasteiger partial charge on any atom is 0.336 e. The van der Waals surface area contributed by atoms with Crippen LogP contribution in [0.15, 0.2) is 34.8 Å². The van der Waals surface area contributed by atoms with Gasteiger partial charge in [-0.05, 0) is 51.3 Å². The van der Waals surface area contributed by atoms with Crippen molar-refractivity contribution in [3.05, 3.63) is 46.2 Å². The van der Waals surface area contributed by atoms with Crippen LogP contribution in [0, 0.1) is 6.57 Å². The van der Waals surface area contributed by atoms with Crippen LogP contribution in [0.5, 0.6) is 0 Å². The summed E-state index contributed by atoms with van der Waals surface area (Å²) in [6, 6.07) is 0.554. The predicted molar refractivity (Wildman–Crippen MR) is 81.9 cm³/mol. The predicted octanol–water partition coefficient (Wildman–Crippen LogP) is 3.79. The van der Waals surface area contributed by atoms with Crippen molar-refractivity contribution in [1.29, 1.82) is 0 Å². The first-order chi connectivity index (χ1) is 10.1. The highest BCUT2D eigenvalue weighted by Crippen LogP contribution is 2.33. The fourth-order valence-electron chi connectivity index (χ4n) is 3.21. The quantitative estimate of drug-likeness (QED) is 0.450. The van der Waals surface area contributed by atoms with Crippen molar-refractivity contribution in [2.75, 3.05) is 6.61 Å². The molecule has 0 aromatic heterocycles. The second-order valence-corrected chi connectivity index (χ2v) is 5.52. The lowest BCUT2D eigenvalue weighted by Gasteiger charge is -2.35. The molecule has 4 nitrogen and oxygen atoms in total. The van der Waals surface area contributed by atoms with Crippen LogP contribution >= 0.6 is 0 Å². The number of carbonyl (C=O) groups is 1. The first kappa shape index (κ1) is 15.4. The molecule has 2 rings (SSSR count). The zero-order valence-corrected chi connectivity index (χ0v) is 13.0. The van der Waals surface area contributed by atoms with E-state index in [4.69, 9.17) is 11.3 Å². The second-order valence-electron chi connectivity index (χ2n) is 5.52. The molecule has 112 valence electrons. The minimum absolute atomic E-state index is 0.0709. The Bertz CT molecular complexity index is 536. The van der Waals surface area contributed by atoms with Gasteiger partial charge < -0.3 is 9.64 Å². The summed E-state index contributed by atoms with van der Waals surface area (Å²) in [6.45, 7) is 13.4. The largest absolute Gasteiger partial charge is 0.471 e. The fourth-order valence-corrected chi connectivity index (χ4v) is 3.21. The molecule has 0 saturated heterocycles. The molecule has 0 bridgehead atoms. The van der Waals surface area contributed by atoms with Crippen molar-refractivity contribution in [1.82, 2.24) is 4.90 Å². The molecule has 2 aliphatic rings.